The van der Waals surface area contributed by atoms with Crippen LogP contribution in [-0.4, -0.2) is 16.6 Å². The van der Waals surface area contributed by atoms with Crippen LogP contribution in [0.3, 0.4) is 0 Å². The molecule has 78 valence electrons. The van der Waals surface area contributed by atoms with Gasteiger partial charge in [0.1, 0.15) is 0 Å². The topological polar surface area (TPSA) is 26.3 Å². The largest absolute Gasteiger partial charge is 0.380 e. The lowest BCUT2D eigenvalue weighted by molar-refractivity contribution is 0.183. The number of hydrogen-bond acceptors (Lipinski definition) is 2. The second-order valence-corrected chi connectivity index (χ2v) is 5.36. The first-order valence-electron chi connectivity index (χ1n) is 4.64. The van der Waals surface area contributed by atoms with Gasteiger partial charge in [0, 0.05) is 17.3 Å². The predicted molar refractivity (Wildman–Crippen MR) is 58.7 cm³/mol. The Morgan fingerprint density at radius 1 is 1.36 bits per heavy atom. The van der Waals surface area contributed by atoms with Crippen molar-refractivity contribution in [3.8, 4) is 0 Å². The molecule has 0 saturated carbocycles. The summed E-state index contributed by atoms with van der Waals surface area (Å²) in [6, 6.07) is 7.72. The molecule has 0 heterocycles. The van der Waals surface area contributed by atoms with E-state index in [1.165, 1.54) is 0 Å². The smallest absolute Gasteiger partial charge is 0.0724 e. The zero-order chi connectivity index (χ0) is 10.6. The predicted octanol–water partition coefficient (Wildman–Crippen LogP) is 2.35. The van der Waals surface area contributed by atoms with Gasteiger partial charge in [0.15, 0.2) is 0 Å². The van der Waals surface area contributed by atoms with Crippen LogP contribution < -0.4 is 0 Å². The van der Waals surface area contributed by atoms with Gasteiger partial charge in [-0.05, 0) is 11.6 Å². The molecule has 0 amide bonds. The van der Waals surface area contributed by atoms with Crippen molar-refractivity contribution in [2.45, 2.75) is 30.6 Å². The first kappa shape index (κ1) is 11.4. The molecule has 1 aromatic carbocycles. The lowest BCUT2D eigenvalue weighted by Gasteiger charge is -2.10. The molecule has 0 aliphatic carbocycles. The van der Waals surface area contributed by atoms with Crippen LogP contribution in [0.4, 0.5) is 0 Å². The standard InChI is InChI=1S/C11H16O2S/c1-9(2)14(12)11-7-5-4-6-10(11)8-13-3/h4-7,9H,8H2,1-3H3. The van der Waals surface area contributed by atoms with E-state index in [0.29, 0.717) is 6.61 Å². The number of rotatable bonds is 4. The average molecular weight is 212 g/mol. The van der Waals surface area contributed by atoms with E-state index in [9.17, 15) is 4.21 Å². The maximum Gasteiger partial charge on any atom is 0.0724 e. The van der Waals surface area contributed by atoms with Crippen molar-refractivity contribution in [3.05, 3.63) is 29.8 Å². The third-order valence-electron chi connectivity index (χ3n) is 1.92. The fourth-order valence-electron chi connectivity index (χ4n) is 1.23. The Morgan fingerprint density at radius 3 is 2.57 bits per heavy atom. The Hall–Kier alpha value is -0.670. The lowest BCUT2D eigenvalue weighted by atomic mass is 10.2. The molecule has 1 rings (SSSR count). The van der Waals surface area contributed by atoms with Gasteiger partial charge in [-0.1, -0.05) is 32.0 Å². The number of benzene rings is 1. The molecule has 0 radical (unpaired) electrons. The molecule has 0 spiro atoms. The van der Waals surface area contributed by atoms with Crippen molar-refractivity contribution < 1.29 is 8.95 Å². The number of hydrogen-bond donors (Lipinski definition) is 0. The average Bonchev–Trinajstić information content (AvgIpc) is 2.18. The van der Waals surface area contributed by atoms with E-state index < -0.39 is 10.8 Å². The van der Waals surface area contributed by atoms with Crippen LogP contribution in [0.15, 0.2) is 29.2 Å². The fraction of sp³-hybridized carbons (Fsp3) is 0.455. The molecule has 1 atom stereocenters. The summed E-state index contributed by atoms with van der Waals surface area (Å²) in [5.74, 6) is 0. The van der Waals surface area contributed by atoms with Gasteiger partial charge >= 0.3 is 0 Å². The molecule has 2 nitrogen and oxygen atoms in total. The summed E-state index contributed by atoms with van der Waals surface area (Å²) in [7, 11) is 0.720. The third kappa shape index (κ3) is 2.66. The van der Waals surface area contributed by atoms with Gasteiger partial charge < -0.3 is 4.74 Å². The van der Waals surface area contributed by atoms with Gasteiger partial charge in [-0.15, -0.1) is 0 Å². The SMILES string of the molecule is COCc1ccccc1S(=O)C(C)C. The minimum absolute atomic E-state index is 0.146. The highest BCUT2D eigenvalue weighted by Gasteiger charge is 2.11. The van der Waals surface area contributed by atoms with Crippen LogP contribution >= 0.6 is 0 Å². The van der Waals surface area contributed by atoms with E-state index >= 15 is 0 Å². The molecule has 1 aromatic rings. The van der Waals surface area contributed by atoms with Gasteiger partial charge in [-0.25, -0.2) is 0 Å². The monoisotopic (exact) mass is 212 g/mol. The van der Waals surface area contributed by atoms with Crippen molar-refractivity contribution in [2.75, 3.05) is 7.11 Å². The van der Waals surface area contributed by atoms with Crippen molar-refractivity contribution >= 4 is 10.8 Å². The van der Waals surface area contributed by atoms with E-state index in [0.717, 1.165) is 10.5 Å². The lowest BCUT2D eigenvalue weighted by Crippen LogP contribution is -2.08. The Morgan fingerprint density at radius 2 is 2.00 bits per heavy atom. The van der Waals surface area contributed by atoms with Crippen LogP contribution in [0.1, 0.15) is 19.4 Å². The Balaban J connectivity index is 3.00. The van der Waals surface area contributed by atoms with Gasteiger partial charge in [0.05, 0.1) is 17.4 Å². The highest BCUT2D eigenvalue weighted by Crippen LogP contribution is 2.17. The Labute approximate surface area is 87.7 Å². The third-order valence-corrected chi connectivity index (χ3v) is 3.61. The highest BCUT2D eigenvalue weighted by atomic mass is 32.2. The summed E-state index contributed by atoms with van der Waals surface area (Å²) in [6.45, 7) is 4.44. The number of ether oxygens (including phenoxy) is 1. The van der Waals surface area contributed by atoms with Crippen LogP contribution in [0.5, 0.6) is 0 Å². The van der Waals surface area contributed by atoms with E-state index in [2.05, 4.69) is 0 Å². The summed E-state index contributed by atoms with van der Waals surface area (Å²) in [4.78, 5) is 0.893. The maximum atomic E-state index is 11.9. The molecule has 0 N–H and O–H groups in total. The van der Waals surface area contributed by atoms with Crippen molar-refractivity contribution in [3.63, 3.8) is 0 Å². The van der Waals surface area contributed by atoms with Gasteiger partial charge in [0.25, 0.3) is 0 Å². The van der Waals surface area contributed by atoms with Gasteiger partial charge in [-0.2, -0.15) is 0 Å². The molecule has 0 bridgehead atoms. The van der Waals surface area contributed by atoms with Gasteiger partial charge in [-0.3, -0.25) is 4.21 Å². The van der Waals surface area contributed by atoms with Crippen LogP contribution in [0.2, 0.25) is 0 Å². The van der Waals surface area contributed by atoms with Crippen molar-refractivity contribution in [2.24, 2.45) is 0 Å². The summed E-state index contributed by atoms with van der Waals surface area (Å²) in [5, 5.41) is 0.146. The van der Waals surface area contributed by atoms with E-state index in [1.54, 1.807) is 7.11 Å². The molecular formula is C11H16O2S. The van der Waals surface area contributed by atoms with Crippen molar-refractivity contribution in [1.82, 2.24) is 0 Å². The molecule has 0 saturated heterocycles. The van der Waals surface area contributed by atoms with Crippen molar-refractivity contribution in [1.29, 1.82) is 0 Å². The Kier molecular flexibility index (Phi) is 4.29. The first-order chi connectivity index (χ1) is 6.66. The summed E-state index contributed by atoms with van der Waals surface area (Å²) in [6.07, 6.45) is 0. The molecule has 1 unspecified atom stereocenters. The zero-order valence-electron chi connectivity index (χ0n) is 8.82. The normalized spacial score (nSPS) is 13.1. The molecule has 0 aliphatic rings. The second kappa shape index (κ2) is 5.27. The molecular weight excluding hydrogens is 196 g/mol. The minimum atomic E-state index is -0.928. The van der Waals surface area contributed by atoms with Crippen LogP contribution in [0.25, 0.3) is 0 Å². The molecule has 14 heavy (non-hydrogen) atoms. The molecule has 0 aromatic heterocycles. The van der Waals surface area contributed by atoms with Crippen LogP contribution in [0, 0.1) is 0 Å². The number of methoxy groups -OCH3 is 1. The van der Waals surface area contributed by atoms with E-state index in [-0.39, 0.29) is 5.25 Å². The zero-order valence-corrected chi connectivity index (χ0v) is 9.64. The summed E-state index contributed by atoms with van der Waals surface area (Å²) < 4.78 is 17.0. The second-order valence-electron chi connectivity index (χ2n) is 3.39. The van der Waals surface area contributed by atoms with Crippen LogP contribution in [-0.2, 0) is 22.1 Å². The quantitative estimate of drug-likeness (QED) is 0.765. The maximum absolute atomic E-state index is 11.9. The molecule has 0 fully saturated rings. The summed E-state index contributed by atoms with van der Waals surface area (Å²) >= 11 is 0. The minimum Gasteiger partial charge on any atom is -0.380 e. The van der Waals surface area contributed by atoms with E-state index in [4.69, 9.17) is 4.74 Å². The van der Waals surface area contributed by atoms with E-state index in [1.807, 2.05) is 38.1 Å². The molecule has 0 aliphatic heterocycles. The molecule has 3 heteroatoms. The highest BCUT2D eigenvalue weighted by molar-refractivity contribution is 7.85. The Bertz CT molecular complexity index is 321. The fourth-order valence-corrected chi connectivity index (χ4v) is 2.33. The summed E-state index contributed by atoms with van der Waals surface area (Å²) in [5.41, 5.74) is 1.02. The first-order valence-corrected chi connectivity index (χ1v) is 5.85. The van der Waals surface area contributed by atoms with Gasteiger partial charge in [0.2, 0.25) is 0 Å².